The van der Waals surface area contributed by atoms with Crippen molar-refractivity contribution in [3.8, 4) is 0 Å². The number of aromatic nitrogens is 1. The Balaban J connectivity index is 1.88. The molecule has 2 aliphatic rings. The molecule has 1 unspecified atom stereocenters. The third kappa shape index (κ3) is 3.12. The number of rotatable bonds is 2. The molecule has 7 heteroatoms. The van der Waals surface area contributed by atoms with Crippen molar-refractivity contribution in [2.75, 3.05) is 13.8 Å². The van der Waals surface area contributed by atoms with E-state index in [-0.39, 0.29) is 5.56 Å². The molecule has 0 spiro atoms. The maximum absolute atomic E-state index is 12.5. The molecular formula is C16H24N3O3S+. The van der Waals surface area contributed by atoms with Gasteiger partial charge < -0.3 is 4.74 Å². The molecule has 1 aliphatic heterocycles. The third-order valence-electron chi connectivity index (χ3n) is 5.35. The molecule has 0 radical (unpaired) electrons. The van der Waals surface area contributed by atoms with Crippen molar-refractivity contribution in [2.45, 2.75) is 45.8 Å². The number of nitrogens with one attached hydrogen (secondary N) is 1. The maximum atomic E-state index is 12.5. The Morgan fingerprint density at radius 2 is 2.22 bits per heavy atom. The second-order valence-electron chi connectivity index (χ2n) is 6.66. The molecule has 4 atom stereocenters. The number of methoxy groups -OCH3 is 1. The minimum Gasteiger partial charge on any atom is -0.466 e. The zero-order valence-corrected chi connectivity index (χ0v) is 14.7. The SMILES string of the molecule is COC(=O)/C=c1/sc2n(c1=O)C[NH+]([C@H]1CCC[C@H](C)[C@H]1C)CN=2. The summed E-state index contributed by atoms with van der Waals surface area (Å²) >= 11 is 1.27. The van der Waals surface area contributed by atoms with E-state index in [0.29, 0.717) is 34.6 Å². The molecule has 2 heterocycles. The van der Waals surface area contributed by atoms with Crippen molar-refractivity contribution >= 4 is 23.4 Å². The van der Waals surface area contributed by atoms with E-state index in [1.807, 2.05) is 0 Å². The summed E-state index contributed by atoms with van der Waals surface area (Å²) in [5.41, 5.74) is -0.132. The largest absolute Gasteiger partial charge is 0.466 e. The van der Waals surface area contributed by atoms with Gasteiger partial charge >= 0.3 is 5.97 Å². The number of thiazole rings is 1. The molecule has 1 aliphatic carbocycles. The van der Waals surface area contributed by atoms with E-state index < -0.39 is 5.97 Å². The van der Waals surface area contributed by atoms with Gasteiger partial charge in [-0.1, -0.05) is 25.2 Å². The van der Waals surface area contributed by atoms with Crippen molar-refractivity contribution in [3.63, 3.8) is 0 Å². The Morgan fingerprint density at radius 1 is 1.43 bits per heavy atom. The predicted molar refractivity (Wildman–Crippen MR) is 87.6 cm³/mol. The van der Waals surface area contributed by atoms with E-state index in [1.54, 1.807) is 4.57 Å². The highest BCUT2D eigenvalue weighted by Gasteiger charge is 2.36. The lowest BCUT2D eigenvalue weighted by Crippen LogP contribution is -3.17. The fraction of sp³-hybridized carbons (Fsp3) is 0.688. The lowest BCUT2D eigenvalue weighted by molar-refractivity contribution is -0.954. The van der Waals surface area contributed by atoms with E-state index in [2.05, 4.69) is 23.6 Å². The molecule has 3 rings (SSSR count). The summed E-state index contributed by atoms with van der Waals surface area (Å²) in [5, 5.41) is 0. The zero-order chi connectivity index (χ0) is 16.6. The van der Waals surface area contributed by atoms with Crippen molar-refractivity contribution in [1.82, 2.24) is 4.57 Å². The summed E-state index contributed by atoms with van der Waals surface area (Å²) in [7, 11) is 1.31. The van der Waals surface area contributed by atoms with Gasteiger partial charge in [-0.2, -0.15) is 0 Å². The lowest BCUT2D eigenvalue weighted by atomic mass is 9.77. The molecular weight excluding hydrogens is 314 g/mol. The molecule has 0 saturated heterocycles. The van der Waals surface area contributed by atoms with Crippen molar-refractivity contribution in [2.24, 2.45) is 16.8 Å². The van der Waals surface area contributed by atoms with Crippen LogP contribution in [0, 0.1) is 11.8 Å². The summed E-state index contributed by atoms with van der Waals surface area (Å²) in [6.45, 7) is 6.00. The van der Waals surface area contributed by atoms with Gasteiger partial charge in [0, 0.05) is 12.0 Å². The van der Waals surface area contributed by atoms with Gasteiger partial charge in [0.05, 0.1) is 13.2 Å². The van der Waals surface area contributed by atoms with Crippen LogP contribution in [0.5, 0.6) is 0 Å². The third-order valence-corrected chi connectivity index (χ3v) is 6.39. The summed E-state index contributed by atoms with van der Waals surface area (Å²) in [6.07, 6.45) is 5.01. The molecule has 6 nitrogen and oxygen atoms in total. The van der Waals surface area contributed by atoms with Gasteiger partial charge in [0.15, 0.2) is 18.1 Å². The Labute approximate surface area is 139 Å². The van der Waals surface area contributed by atoms with Crippen LogP contribution in [0.4, 0.5) is 0 Å². The van der Waals surface area contributed by atoms with Crippen molar-refractivity contribution in [3.05, 3.63) is 19.7 Å². The summed E-state index contributed by atoms with van der Waals surface area (Å²) < 4.78 is 6.73. The van der Waals surface area contributed by atoms with Crippen LogP contribution < -0.4 is 19.8 Å². The highest BCUT2D eigenvalue weighted by molar-refractivity contribution is 7.07. The van der Waals surface area contributed by atoms with Gasteiger partial charge in [-0.25, -0.2) is 14.4 Å². The Kier molecular flexibility index (Phi) is 4.68. The first-order chi connectivity index (χ1) is 11.0. The lowest BCUT2D eigenvalue weighted by Gasteiger charge is -2.38. The van der Waals surface area contributed by atoms with Crippen LogP contribution in [-0.2, 0) is 16.2 Å². The number of carbonyl (C=O) groups excluding carboxylic acids is 1. The van der Waals surface area contributed by atoms with Gasteiger partial charge in [0.2, 0.25) is 0 Å². The van der Waals surface area contributed by atoms with Crippen LogP contribution in [0.15, 0.2) is 9.79 Å². The first-order valence-electron chi connectivity index (χ1n) is 8.19. The Hall–Kier alpha value is -1.47. The minimum absolute atomic E-state index is 0.132. The molecule has 0 amide bonds. The van der Waals surface area contributed by atoms with Crippen LogP contribution in [0.1, 0.15) is 33.1 Å². The van der Waals surface area contributed by atoms with Crippen LogP contribution in [0.25, 0.3) is 6.08 Å². The molecule has 1 aromatic heterocycles. The zero-order valence-electron chi connectivity index (χ0n) is 13.9. The monoisotopic (exact) mass is 338 g/mol. The maximum Gasteiger partial charge on any atom is 0.332 e. The van der Waals surface area contributed by atoms with Crippen molar-refractivity contribution in [1.29, 1.82) is 0 Å². The number of hydrogen-bond donors (Lipinski definition) is 1. The number of quaternary nitrogens is 1. The number of carbonyl (C=O) groups is 1. The minimum atomic E-state index is -0.500. The average molecular weight is 338 g/mol. The molecule has 1 saturated carbocycles. The molecule has 0 bridgehead atoms. The van der Waals surface area contributed by atoms with Gasteiger partial charge in [0.25, 0.3) is 5.56 Å². The topological polar surface area (TPSA) is 65.1 Å². The molecule has 126 valence electrons. The standard InChI is InChI=1S/C16H23N3O3S/c1-10-5-4-6-12(11(10)2)18-8-17-16-19(9-18)15(21)13(23-16)7-14(20)22-3/h7,10-12H,4-6,8-9H2,1-3H3/p+1/b13-7+/t10-,11+,12-/m0/s1. The summed E-state index contributed by atoms with van der Waals surface area (Å²) in [4.78, 5) is 30.6. The normalized spacial score (nSPS) is 31.3. The average Bonchev–Trinajstić information content (AvgIpc) is 2.85. The fourth-order valence-corrected chi connectivity index (χ4v) is 4.68. The Morgan fingerprint density at radius 3 is 2.96 bits per heavy atom. The molecule has 1 N–H and O–H groups in total. The second-order valence-corrected chi connectivity index (χ2v) is 7.67. The summed E-state index contributed by atoms with van der Waals surface area (Å²) in [5.74, 6) is 0.872. The number of fused-ring (bicyclic) bond motifs is 1. The quantitative estimate of drug-likeness (QED) is 0.713. The number of esters is 1. The predicted octanol–water partition coefficient (Wildman–Crippen LogP) is -0.879. The van der Waals surface area contributed by atoms with E-state index in [0.717, 1.165) is 5.92 Å². The van der Waals surface area contributed by atoms with Gasteiger partial charge in [-0.15, -0.1) is 0 Å². The van der Waals surface area contributed by atoms with E-state index in [9.17, 15) is 9.59 Å². The van der Waals surface area contributed by atoms with E-state index in [4.69, 9.17) is 0 Å². The van der Waals surface area contributed by atoms with Gasteiger partial charge in [0.1, 0.15) is 4.53 Å². The smallest absolute Gasteiger partial charge is 0.332 e. The molecule has 23 heavy (non-hydrogen) atoms. The molecule has 1 fully saturated rings. The number of hydrogen-bond acceptors (Lipinski definition) is 5. The number of nitrogens with zero attached hydrogens (tertiary/aromatic N) is 2. The van der Waals surface area contributed by atoms with E-state index >= 15 is 0 Å². The van der Waals surface area contributed by atoms with Crippen LogP contribution >= 0.6 is 11.3 Å². The van der Waals surface area contributed by atoms with E-state index in [1.165, 1.54) is 48.7 Å². The van der Waals surface area contributed by atoms with Crippen LogP contribution in [-0.4, -0.2) is 30.4 Å². The number of ether oxygens (including phenoxy) is 1. The molecule has 0 aromatic carbocycles. The second kappa shape index (κ2) is 6.57. The van der Waals surface area contributed by atoms with Crippen LogP contribution in [0.3, 0.4) is 0 Å². The van der Waals surface area contributed by atoms with Gasteiger partial charge in [-0.05, 0) is 25.2 Å². The van der Waals surface area contributed by atoms with Crippen molar-refractivity contribution < 1.29 is 14.4 Å². The first-order valence-corrected chi connectivity index (χ1v) is 9.01. The highest BCUT2D eigenvalue weighted by Crippen LogP contribution is 2.28. The fourth-order valence-electron chi connectivity index (χ4n) is 3.75. The van der Waals surface area contributed by atoms with Gasteiger partial charge in [-0.3, -0.25) is 9.69 Å². The Bertz CT molecular complexity index is 767. The first kappa shape index (κ1) is 16.4. The van der Waals surface area contributed by atoms with Crippen LogP contribution in [0.2, 0.25) is 0 Å². The highest BCUT2D eigenvalue weighted by atomic mass is 32.1. The summed E-state index contributed by atoms with van der Waals surface area (Å²) in [6, 6.07) is 0.551. The molecule has 1 aromatic rings.